The summed E-state index contributed by atoms with van der Waals surface area (Å²) in [6.45, 7) is 0.681. The molecule has 2 aliphatic rings. The normalized spacial score (nSPS) is 27.1. The van der Waals surface area contributed by atoms with Gasteiger partial charge in [-0.25, -0.2) is 17.5 Å². The van der Waals surface area contributed by atoms with Gasteiger partial charge in [-0.3, -0.25) is 14.9 Å². The van der Waals surface area contributed by atoms with Crippen molar-refractivity contribution in [3.63, 3.8) is 0 Å². The van der Waals surface area contributed by atoms with Gasteiger partial charge in [0.15, 0.2) is 0 Å². The van der Waals surface area contributed by atoms with Gasteiger partial charge >= 0.3 is 6.03 Å². The molecule has 21 heavy (non-hydrogen) atoms. The zero-order valence-corrected chi connectivity index (χ0v) is 12.4. The highest BCUT2D eigenvalue weighted by Gasteiger charge is 2.32. The highest BCUT2D eigenvalue weighted by molar-refractivity contribution is 7.88. The van der Waals surface area contributed by atoms with Crippen molar-refractivity contribution in [2.24, 2.45) is 0 Å². The summed E-state index contributed by atoms with van der Waals surface area (Å²) >= 11 is 0. The van der Waals surface area contributed by atoms with Crippen molar-refractivity contribution in [1.29, 1.82) is 0 Å². The second kappa shape index (κ2) is 5.98. The topological polar surface area (TPSA) is 125 Å². The molecule has 2 heterocycles. The summed E-state index contributed by atoms with van der Waals surface area (Å²) in [6.07, 6.45) is 2.32. The lowest BCUT2D eigenvalue weighted by Gasteiger charge is -2.31. The Morgan fingerprint density at radius 1 is 1.43 bits per heavy atom. The van der Waals surface area contributed by atoms with Gasteiger partial charge in [-0.1, -0.05) is 0 Å². The van der Waals surface area contributed by atoms with Crippen LogP contribution in [0, 0.1) is 0 Å². The van der Waals surface area contributed by atoms with Crippen LogP contribution in [0.3, 0.4) is 0 Å². The number of carbonyl (C=O) groups excluding carboxylic acids is 3. The van der Waals surface area contributed by atoms with E-state index < -0.39 is 33.9 Å². The lowest BCUT2D eigenvalue weighted by molar-refractivity contribution is -0.127. The average molecular weight is 318 g/mol. The molecule has 0 aromatic rings. The number of nitrogens with one attached hydrogen (secondary N) is 3. The number of piperidine rings is 1. The predicted octanol–water partition coefficient (Wildman–Crippen LogP) is -1.88. The maximum Gasteiger partial charge on any atom is 0.322 e. The number of rotatable bonds is 4. The molecule has 3 N–H and O–H groups in total. The van der Waals surface area contributed by atoms with Crippen molar-refractivity contribution >= 4 is 27.9 Å². The van der Waals surface area contributed by atoms with Gasteiger partial charge in [-0.2, -0.15) is 0 Å². The number of urea groups is 1. The molecule has 10 heteroatoms. The smallest absolute Gasteiger partial charge is 0.322 e. The van der Waals surface area contributed by atoms with E-state index in [0.717, 1.165) is 6.26 Å². The minimum atomic E-state index is -3.27. The SMILES string of the molecule is CS(=O)(=O)N1CCC[C@@H](NC(=O)C[C@H]2NC(=O)NC2=O)C1. The van der Waals surface area contributed by atoms with E-state index in [2.05, 4.69) is 10.6 Å². The molecule has 9 nitrogen and oxygen atoms in total. The molecule has 118 valence electrons. The summed E-state index contributed by atoms with van der Waals surface area (Å²) in [4.78, 5) is 34.1. The lowest BCUT2D eigenvalue weighted by atomic mass is 10.1. The third kappa shape index (κ3) is 4.14. The Bertz CT molecular complexity index is 561. The molecule has 2 atom stereocenters. The summed E-state index contributed by atoms with van der Waals surface area (Å²) in [5, 5.41) is 7.09. The maximum atomic E-state index is 11.9. The van der Waals surface area contributed by atoms with Gasteiger partial charge in [0, 0.05) is 19.1 Å². The van der Waals surface area contributed by atoms with Crippen molar-refractivity contribution in [2.75, 3.05) is 19.3 Å². The van der Waals surface area contributed by atoms with Crippen LogP contribution < -0.4 is 16.0 Å². The molecule has 2 saturated heterocycles. The summed E-state index contributed by atoms with van der Waals surface area (Å²) in [7, 11) is -3.27. The molecule has 2 fully saturated rings. The first kappa shape index (κ1) is 15.7. The number of sulfonamides is 1. The first-order chi connectivity index (χ1) is 9.75. The van der Waals surface area contributed by atoms with Gasteiger partial charge in [-0.05, 0) is 12.8 Å². The van der Waals surface area contributed by atoms with E-state index >= 15 is 0 Å². The minimum absolute atomic E-state index is 0.160. The van der Waals surface area contributed by atoms with Gasteiger partial charge in [-0.15, -0.1) is 0 Å². The van der Waals surface area contributed by atoms with Crippen molar-refractivity contribution in [3.05, 3.63) is 0 Å². The third-order valence-corrected chi connectivity index (χ3v) is 4.74. The summed E-state index contributed by atoms with van der Waals surface area (Å²) < 4.78 is 24.3. The zero-order valence-electron chi connectivity index (χ0n) is 11.6. The molecular weight excluding hydrogens is 300 g/mol. The Morgan fingerprint density at radius 3 is 2.71 bits per heavy atom. The molecular formula is C11H18N4O5S. The maximum absolute atomic E-state index is 11.9. The molecule has 0 unspecified atom stereocenters. The molecule has 0 radical (unpaired) electrons. The Morgan fingerprint density at radius 2 is 2.14 bits per heavy atom. The number of hydrogen-bond acceptors (Lipinski definition) is 5. The van der Waals surface area contributed by atoms with Gasteiger partial charge in [0.1, 0.15) is 6.04 Å². The Kier molecular flexibility index (Phi) is 4.47. The van der Waals surface area contributed by atoms with Crippen molar-refractivity contribution < 1.29 is 22.8 Å². The van der Waals surface area contributed by atoms with Gasteiger partial charge in [0.05, 0.1) is 12.7 Å². The van der Waals surface area contributed by atoms with E-state index in [1.165, 1.54) is 4.31 Å². The predicted molar refractivity (Wildman–Crippen MR) is 72.7 cm³/mol. The molecule has 0 spiro atoms. The van der Waals surface area contributed by atoms with E-state index in [1.807, 2.05) is 5.32 Å². The van der Waals surface area contributed by atoms with Crippen LogP contribution in [0.5, 0.6) is 0 Å². The van der Waals surface area contributed by atoms with Crippen LogP contribution in [0.15, 0.2) is 0 Å². The molecule has 2 rings (SSSR count). The molecule has 0 saturated carbocycles. The first-order valence-corrected chi connectivity index (χ1v) is 8.46. The Hall–Kier alpha value is -1.68. The zero-order chi connectivity index (χ0) is 15.6. The summed E-state index contributed by atoms with van der Waals surface area (Å²) in [6, 6.07) is -1.76. The van der Waals surface area contributed by atoms with Gasteiger partial charge in [0.2, 0.25) is 15.9 Å². The van der Waals surface area contributed by atoms with Crippen LogP contribution in [-0.2, 0) is 19.6 Å². The second-order valence-electron chi connectivity index (χ2n) is 5.25. The lowest BCUT2D eigenvalue weighted by Crippen LogP contribution is -2.50. The van der Waals surface area contributed by atoms with Crippen LogP contribution in [0.2, 0.25) is 0 Å². The highest BCUT2D eigenvalue weighted by Crippen LogP contribution is 2.13. The second-order valence-corrected chi connectivity index (χ2v) is 7.23. The quantitative estimate of drug-likeness (QED) is 0.524. The van der Waals surface area contributed by atoms with Crippen LogP contribution in [-0.4, -0.2) is 62.0 Å². The fourth-order valence-electron chi connectivity index (χ4n) is 2.44. The van der Waals surface area contributed by atoms with E-state index in [4.69, 9.17) is 0 Å². The largest absolute Gasteiger partial charge is 0.352 e. The fraction of sp³-hybridized carbons (Fsp3) is 0.727. The minimum Gasteiger partial charge on any atom is -0.352 e. The molecule has 0 bridgehead atoms. The Labute approximate surface area is 122 Å². The van der Waals surface area contributed by atoms with Crippen LogP contribution in [0.25, 0.3) is 0 Å². The number of carbonyl (C=O) groups is 3. The monoisotopic (exact) mass is 318 g/mol. The van der Waals surface area contributed by atoms with E-state index in [0.29, 0.717) is 19.4 Å². The van der Waals surface area contributed by atoms with Crippen LogP contribution in [0.1, 0.15) is 19.3 Å². The van der Waals surface area contributed by atoms with E-state index in [-0.39, 0.29) is 19.0 Å². The molecule has 4 amide bonds. The Balaban J connectivity index is 1.85. The average Bonchev–Trinajstić information content (AvgIpc) is 2.67. The van der Waals surface area contributed by atoms with Crippen LogP contribution >= 0.6 is 0 Å². The van der Waals surface area contributed by atoms with Gasteiger partial charge < -0.3 is 10.6 Å². The molecule has 2 aliphatic heterocycles. The first-order valence-electron chi connectivity index (χ1n) is 6.61. The number of hydrogen-bond donors (Lipinski definition) is 3. The summed E-state index contributed by atoms with van der Waals surface area (Å²) in [5.41, 5.74) is 0. The van der Waals surface area contributed by atoms with Crippen molar-refractivity contribution in [2.45, 2.75) is 31.3 Å². The van der Waals surface area contributed by atoms with E-state index in [1.54, 1.807) is 0 Å². The van der Waals surface area contributed by atoms with E-state index in [9.17, 15) is 22.8 Å². The molecule has 0 aromatic heterocycles. The number of amides is 4. The fourth-order valence-corrected chi connectivity index (χ4v) is 3.35. The van der Waals surface area contributed by atoms with Crippen molar-refractivity contribution in [3.8, 4) is 0 Å². The number of nitrogens with zero attached hydrogens (tertiary/aromatic N) is 1. The highest BCUT2D eigenvalue weighted by atomic mass is 32.2. The third-order valence-electron chi connectivity index (χ3n) is 3.47. The standard InChI is InChI=1S/C11H18N4O5S/c1-21(19,20)15-4-2-3-7(6-15)12-9(16)5-8-10(17)14-11(18)13-8/h7-8H,2-6H2,1H3,(H,12,16)(H2,13,14,17,18)/t7-,8-/m1/s1. The summed E-state index contributed by atoms with van der Waals surface area (Å²) in [5.74, 6) is -0.922. The molecule has 0 aliphatic carbocycles. The van der Waals surface area contributed by atoms with Crippen molar-refractivity contribution in [1.82, 2.24) is 20.3 Å². The van der Waals surface area contributed by atoms with Crippen LogP contribution in [0.4, 0.5) is 4.79 Å². The molecule has 0 aromatic carbocycles. The number of imide groups is 1. The van der Waals surface area contributed by atoms with Gasteiger partial charge in [0.25, 0.3) is 5.91 Å².